The van der Waals surface area contributed by atoms with Crippen LogP contribution in [0.3, 0.4) is 0 Å². The first-order valence-electron chi connectivity index (χ1n) is 11.4. The zero-order valence-corrected chi connectivity index (χ0v) is 18.9. The van der Waals surface area contributed by atoms with Crippen molar-refractivity contribution >= 4 is 17.0 Å². The minimum Gasteiger partial charge on any atom is -0.378 e. The Morgan fingerprint density at radius 3 is 2.55 bits per heavy atom. The third-order valence-corrected chi connectivity index (χ3v) is 6.56. The van der Waals surface area contributed by atoms with Gasteiger partial charge in [0.05, 0.1) is 18.9 Å². The van der Waals surface area contributed by atoms with Gasteiger partial charge < -0.3 is 19.1 Å². The molecular formula is C23H27N9O. The monoisotopic (exact) mass is 445 g/mol. The second kappa shape index (κ2) is 8.20. The van der Waals surface area contributed by atoms with E-state index >= 15 is 0 Å². The average Bonchev–Trinajstić information content (AvgIpc) is 3.59. The summed E-state index contributed by atoms with van der Waals surface area (Å²) in [6, 6.07) is 6.02. The van der Waals surface area contributed by atoms with Crippen LogP contribution < -0.4 is 4.90 Å². The van der Waals surface area contributed by atoms with E-state index in [9.17, 15) is 0 Å². The van der Waals surface area contributed by atoms with Gasteiger partial charge in [-0.25, -0.2) is 9.67 Å². The molecule has 4 aromatic rings. The maximum absolute atomic E-state index is 5.58. The molecule has 0 aliphatic carbocycles. The van der Waals surface area contributed by atoms with Crippen molar-refractivity contribution in [1.82, 2.24) is 39.2 Å². The first-order valence-corrected chi connectivity index (χ1v) is 11.4. The molecule has 4 aromatic heterocycles. The molecule has 0 aromatic carbocycles. The maximum Gasteiger partial charge on any atom is 0.254 e. The lowest BCUT2D eigenvalue weighted by atomic mass is 10.1. The Kier molecular flexibility index (Phi) is 5.03. The fourth-order valence-electron chi connectivity index (χ4n) is 4.74. The SMILES string of the molecule is CN1CCC(c2ccn(-c3nc(N4CCOCC4)c4nc(-c5ccncc5)n(C)c4n3)n2)C1. The first-order chi connectivity index (χ1) is 16.2. The van der Waals surface area contributed by atoms with Crippen molar-refractivity contribution in [3.8, 4) is 17.3 Å². The zero-order chi connectivity index (χ0) is 22.4. The molecule has 2 fully saturated rings. The molecule has 33 heavy (non-hydrogen) atoms. The smallest absolute Gasteiger partial charge is 0.254 e. The quantitative estimate of drug-likeness (QED) is 0.470. The van der Waals surface area contributed by atoms with Crippen LogP contribution >= 0.6 is 0 Å². The number of likely N-dealkylation sites (N-methyl/N-ethyl adjacent to an activating group) is 1. The zero-order valence-electron chi connectivity index (χ0n) is 18.9. The van der Waals surface area contributed by atoms with Crippen molar-refractivity contribution in [3.63, 3.8) is 0 Å². The minimum absolute atomic E-state index is 0.452. The summed E-state index contributed by atoms with van der Waals surface area (Å²) in [6.07, 6.45) is 6.66. The van der Waals surface area contributed by atoms with Gasteiger partial charge in [0.25, 0.3) is 5.95 Å². The van der Waals surface area contributed by atoms with Crippen LogP contribution in [0.2, 0.25) is 0 Å². The maximum atomic E-state index is 5.58. The summed E-state index contributed by atoms with van der Waals surface area (Å²) in [5.41, 5.74) is 3.66. The molecule has 0 saturated carbocycles. The second-order valence-electron chi connectivity index (χ2n) is 8.78. The Bertz CT molecular complexity index is 1280. The summed E-state index contributed by atoms with van der Waals surface area (Å²) in [4.78, 5) is 23.5. The van der Waals surface area contributed by atoms with E-state index in [1.54, 1.807) is 17.1 Å². The molecule has 0 N–H and O–H groups in total. The highest BCUT2D eigenvalue weighted by atomic mass is 16.5. The van der Waals surface area contributed by atoms with E-state index in [4.69, 9.17) is 24.8 Å². The summed E-state index contributed by atoms with van der Waals surface area (Å²) >= 11 is 0. The van der Waals surface area contributed by atoms with Gasteiger partial charge in [0, 0.05) is 56.8 Å². The Labute approximate surface area is 191 Å². The molecule has 0 amide bonds. The molecule has 2 aliphatic heterocycles. The summed E-state index contributed by atoms with van der Waals surface area (Å²) in [7, 11) is 4.15. The molecule has 6 heterocycles. The highest BCUT2D eigenvalue weighted by molar-refractivity contribution is 5.87. The van der Waals surface area contributed by atoms with Crippen LogP contribution in [-0.2, 0) is 11.8 Å². The van der Waals surface area contributed by atoms with E-state index in [-0.39, 0.29) is 0 Å². The topological polar surface area (TPSA) is 90.0 Å². The van der Waals surface area contributed by atoms with Gasteiger partial charge in [0.1, 0.15) is 5.82 Å². The van der Waals surface area contributed by atoms with Gasteiger partial charge in [-0.2, -0.15) is 15.1 Å². The number of aryl methyl sites for hydroxylation is 1. The molecule has 170 valence electrons. The lowest BCUT2D eigenvalue weighted by molar-refractivity contribution is 0.122. The van der Waals surface area contributed by atoms with Crippen LogP contribution in [0, 0.1) is 0 Å². The summed E-state index contributed by atoms with van der Waals surface area (Å²) in [5, 5.41) is 4.87. The van der Waals surface area contributed by atoms with Gasteiger partial charge in [-0.15, -0.1) is 0 Å². The second-order valence-corrected chi connectivity index (χ2v) is 8.78. The lowest BCUT2D eigenvalue weighted by Crippen LogP contribution is -2.37. The van der Waals surface area contributed by atoms with Crippen LogP contribution in [0.1, 0.15) is 18.0 Å². The van der Waals surface area contributed by atoms with Crippen molar-refractivity contribution < 1.29 is 4.74 Å². The van der Waals surface area contributed by atoms with Gasteiger partial charge in [-0.1, -0.05) is 0 Å². The Morgan fingerprint density at radius 1 is 0.970 bits per heavy atom. The van der Waals surface area contributed by atoms with Crippen LogP contribution in [-0.4, -0.2) is 85.6 Å². The van der Waals surface area contributed by atoms with Gasteiger partial charge in [0.2, 0.25) is 0 Å². The molecule has 0 bridgehead atoms. The normalized spacial score (nSPS) is 19.6. The summed E-state index contributed by atoms with van der Waals surface area (Å²) < 4.78 is 9.40. The molecule has 0 radical (unpaired) electrons. The molecule has 2 saturated heterocycles. The molecule has 1 unspecified atom stereocenters. The largest absolute Gasteiger partial charge is 0.378 e. The van der Waals surface area contributed by atoms with E-state index in [0.717, 1.165) is 66.7 Å². The van der Waals surface area contributed by atoms with Crippen LogP contribution in [0.25, 0.3) is 28.5 Å². The van der Waals surface area contributed by atoms with Crippen LogP contribution in [0.5, 0.6) is 0 Å². The van der Waals surface area contributed by atoms with Crippen molar-refractivity contribution in [1.29, 1.82) is 0 Å². The number of imidazole rings is 1. The van der Waals surface area contributed by atoms with Gasteiger partial charge in [0.15, 0.2) is 17.0 Å². The third-order valence-electron chi connectivity index (χ3n) is 6.56. The van der Waals surface area contributed by atoms with Crippen molar-refractivity contribution in [2.75, 3.05) is 51.3 Å². The fourth-order valence-corrected chi connectivity index (χ4v) is 4.74. The van der Waals surface area contributed by atoms with E-state index in [0.29, 0.717) is 25.1 Å². The Hall–Kier alpha value is -3.37. The van der Waals surface area contributed by atoms with Crippen molar-refractivity contribution in [2.45, 2.75) is 12.3 Å². The highest BCUT2D eigenvalue weighted by Gasteiger charge is 2.25. The van der Waals surface area contributed by atoms with Crippen LogP contribution in [0.4, 0.5) is 5.82 Å². The number of nitrogens with zero attached hydrogens (tertiary/aromatic N) is 9. The predicted molar refractivity (Wildman–Crippen MR) is 125 cm³/mol. The number of aromatic nitrogens is 7. The molecule has 0 spiro atoms. The van der Waals surface area contributed by atoms with E-state index in [1.165, 1.54) is 0 Å². The predicted octanol–water partition coefficient (Wildman–Crippen LogP) is 1.87. The summed E-state index contributed by atoms with van der Waals surface area (Å²) in [6.45, 7) is 5.02. The first kappa shape index (κ1) is 20.3. The summed E-state index contributed by atoms with van der Waals surface area (Å²) in [5.74, 6) is 2.68. The molecule has 6 rings (SSSR count). The fraction of sp³-hybridized carbons (Fsp3) is 0.435. The van der Waals surface area contributed by atoms with E-state index in [2.05, 4.69) is 27.9 Å². The number of likely N-dealkylation sites (tertiary alicyclic amines) is 1. The number of hydrogen-bond acceptors (Lipinski definition) is 8. The van der Waals surface area contributed by atoms with Crippen molar-refractivity contribution in [2.24, 2.45) is 7.05 Å². The number of ether oxygens (including phenoxy) is 1. The third kappa shape index (κ3) is 3.65. The number of rotatable bonds is 4. The number of hydrogen-bond donors (Lipinski definition) is 0. The van der Waals surface area contributed by atoms with Gasteiger partial charge in [-0.3, -0.25) is 4.98 Å². The number of anilines is 1. The minimum atomic E-state index is 0.452. The molecular weight excluding hydrogens is 418 g/mol. The Balaban J connectivity index is 1.47. The number of pyridine rings is 1. The standard InChI is InChI=1S/C23H27N9O/c1-29-9-5-17(15-29)18-6-10-32(28-18)23-26-21-19(22(27-23)31-11-13-33-14-12-31)25-20(30(21)2)16-3-7-24-8-4-16/h3-4,6-8,10,17H,5,9,11-15H2,1-2H3. The Morgan fingerprint density at radius 2 is 1.79 bits per heavy atom. The van der Waals surface area contributed by atoms with Gasteiger partial charge >= 0.3 is 0 Å². The van der Waals surface area contributed by atoms with E-state index in [1.807, 2.05) is 29.9 Å². The van der Waals surface area contributed by atoms with Crippen molar-refractivity contribution in [3.05, 3.63) is 42.5 Å². The molecule has 1 atom stereocenters. The number of fused-ring (bicyclic) bond motifs is 1. The molecule has 10 nitrogen and oxygen atoms in total. The van der Waals surface area contributed by atoms with E-state index < -0.39 is 0 Å². The van der Waals surface area contributed by atoms with Crippen LogP contribution in [0.15, 0.2) is 36.8 Å². The average molecular weight is 446 g/mol. The lowest BCUT2D eigenvalue weighted by Gasteiger charge is -2.28. The molecule has 2 aliphatic rings. The number of morpholine rings is 1. The van der Waals surface area contributed by atoms with Gasteiger partial charge in [-0.05, 0) is 38.2 Å². The molecule has 10 heteroatoms. The highest BCUT2D eigenvalue weighted by Crippen LogP contribution is 2.30.